The van der Waals surface area contributed by atoms with Gasteiger partial charge in [-0.05, 0) is 28.3 Å². The molecule has 1 aliphatic heterocycles. The molecule has 3 rings (SSSR count). The summed E-state index contributed by atoms with van der Waals surface area (Å²) in [6, 6.07) is 20.9. The molecule has 0 unspecified atom stereocenters. The largest absolute Gasteiger partial charge is 0.481 e. The second-order valence-corrected chi connectivity index (χ2v) is 13.7. The molecule has 1 aliphatic rings. The monoisotopic (exact) mass is 442 g/mol. The van der Waals surface area contributed by atoms with Crippen LogP contribution in [0.2, 0.25) is 5.04 Å². The van der Waals surface area contributed by atoms with E-state index in [1.54, 1.807) is 0 Å². The third-order valence-electron chi connectivity index (χ3n) is 6.03. The van der Waals surface area contributed by atoms with E-state index in [4.69, 9.17) is 14.3 Å². The summed E-state index contributed by atoms with van der Waals surface area (Å²) in [5.41, 5.74) is 0. The molecule has 0 amide bonds. The minimum Gasteiger partial charge on any atom is -0.481 e. The van der Waals surface area contributed by atoms with Crippen molar-refractivity contribution in [2.45, 2.75) is 69.8 Å². The van der Waals surface area contributed by atoms with Crippen LogP contribution in [0.4, 0.5) is 0 Å². The van der Waals surface area contributed by atoms with Gasteiger partial charge in [-0.2, -0.15) is 0 Å². The summed E-state index contributed by atoms with van der Waals surface area (Å²) in [6.45, 7) is 7.21. The maximum atomic E-state index is 11.1. The molecule has 1 fully saturated rings. The average molecular weight is 443 g/mol. The van der Waals surface area contributed by atoms with Crippen LogP contribution in [-0.2, 0) is 14.0 Å². The zero-order valence-corrected chi connectivity index (χ0v) is 19.7. The number of carboxylic acids is 1. The number of rotatable bonds is 8. The second kappa shape index (κ2) is 10.1. The van der Waals surface area contributed by atoms with Gasteiger partial charge in [-0.15, -0.1) is 0 Å². The van der Waals surface area contributed by atoms with Crippen molar-refractivity contribution < 1.29 is 24.2 Å². The van der Waals surface area contributed by atoms with E-state index in [-0.39, 0.29) is 17.6 Å². The van der Waals surface area contributed by atoms with E-state index in [1.807, 2.05) is 12.1 Å². The van der Waals surface area contributed by atoms with Crippen molar-refractivity contribution in [2.75, 3.05) is 6.61 Å². The molecular weight excluding hydrogens is 408 g/mol. The number of carboxylic acid groups (broad SMARTS) is 1. The molecule has 5 nitrogen and oxygen atoms in total. The number of hydrogen-bond donors (Lipinski definition) is 2. The fraction of sp³-hybridized carbons (Fsp3) is 0.480. The Balaban J connectivity index is 1.82. The van der Waals surface area contributed by atoms with E-state index in [1.165, 1.54) is 10.4 Å². The van der Waals surface area contributed by atoms with Gasteiger partial charge >= 0.3 is 5.97 Å². The van der Waals surface area contributed by atoms with Crippen molar-refractivity contribution in [3.05, 3.63) is 60.7 Å². The molecule has 1 saturated heterocycles. The topological polar surface area (TPSA) is 76.0 Å². The van der Waals surface area contributed by atoms with E-state index in [0.29, 0.717) is 25.9 Å². The molecule has 1 heterocycles. The third kappa shape index (κ3) is 5.63. The highest BCUT2D eigenvalue weighted by molar-refractivity contribution is 6.99. The van der Waals surface area contributed by atoms with Crippen LogP contribution >= 0.6 is 0 Å². The molecule has 0 aromatic heterocycles. The Bertz CT molecular complexity index is 794. The highest BCUT2D eigenvalue weighted by atomic mass is 28.4. The summed E-state index contributed by atoms with van der Waals surface area (Å²) in [7, 11) is -2.61. The zero-order valence-electron chi connectivity index (χ0n) is 18.7. The summed E-state index contributed by atoms with van der Waals surface area (Å²) in [4.78, 5) is 11.1. The van der Waals surface area contributed by atoms with Gasteiger partial charge in [0.05, 0.1) is 24.7 Å². The number of hydrogen-bond acceptors (Lipinski definition) is 4. The molecule has 2 aromatic rings. The molecule has 0 saturated carbocycles. The van der Waals surface area contributed by atoms with Crippen LogP contribution in [0, 0.1) is 0 Å². The van der Waals surface area contributed by atoms with Gasteiger partial charge in [0.1, 0.15) is 0 Å². The Kier molecular flexibility index (Phi) is 7.70. The molecule has 0 radical (unpaired) electrons. The molecular formula is C25H34O5Si. The maximum absolute atomic E-state index is 11.1. The number of ether oxygens (including phenoxy) is 1. The number of carbonyl (C=O) groups is 1. The van der Waals surface area contributed by atoms with Gasteiger partial charge in [0.15, 0.2) is 0 Å². The van der Waals surface area contributed by atoms with E-state index < -0.39 is 26.5 Å². The lowest BCUT2D eigenvalue weighted by Crippen LogP contribution is -2.66. The number of benzene rings is 2. The van der Waals surface area contributed by atoms with Crippen LogP contribution in [0.25, 0.3) is 0 Å². The van der Waals surface area contributed by atoms with Crippen molar-refractivity contribution in [1.82, 2.24) is 0 Å². The van der Waals surface area contributed by atoms with Gasteiger partial charge in [0, 0.05) is 13.0 Å². The van der Waals surface area contributed by atoms with E-state index in [2.05, 4.69) is 69.3 Å². The lowest BCUT2D eigenvalue weighted by Gasteiger charge is -2.43. The lowest BCUT2D eigenvalue weighted by molar-refractivity contribution is -0.147. The van der Waals surface area contributed by atoms with Crippen molar-refractivity contribution in [2.24, 2.45) is 0 Å². The Morgan fingerprint density at radius 1 is 1.00 bits per heavy atom. The Morgan fingerprint density at radius 2 is 1.52 bits per heavy atom. The van der Waals surface area contributed by atoms with Crippen molar-refractivity contribution >= 4 is 24.7 Å². The van der Waals surface area contributed by atoms with Crippen LogP contribution in [0.15, 0.2) is 60.7 Å². The summed E-state index contributed by atoms with van der Waals surface area (Å²) in [6.07, 6.45) is 0.251. The molecule has 0 bridgehead atoms. The SMILES string of the molecule is CC(C)(C)[Si](OCC[C@H]1C[C@H](O)C[C@H](CC(=O)O)O1)(c1ccccc1)c1ccccc1. The smallest absolute Gasteiger partial charge is 0.305 e. The molecule has 3 atom stereocenters. The van der Waals surface area contributed by atoms with E-state index >= 15 is 0 Å². The molecule has 6 heteroatoms. The van der Waals surface area contributed by atoms with Crippen molar-refractivity contribution in [3.8, 4) is 0 Å². The zero-order chi connectivity index (χ0) is 22.5. The highest BCUT2D eigenvalue weighted by Gasteiger charge is 2.50. The quantitative estimate of drug-likeness (QED) is 0.613. The van der Waals surface area contributed by atoms with Crippen LogP contribution in [-0.4, -0.2) is 49.4 Å². The molecule has 2 aromatic carbocycles. The second-order valence-electron chi connectivity index (χ2n) is 9.40. The minimum absolute atomic E-state index is 0.0802. The Labute approximate surface area is 186 Å². The van der Waals surface area contributed by atoms with Gasteiger partial charge in [0.2, 0.25) is 0 Å². The van der Waals surface area contributed by atoms with Gasteiger partial charge in [-0.1, -0.05) is 81.4 Å². The Hall–Kier alpha value is -1.99. The predicted octanol–water partition coefficient (Wildman–Crippen LogP) is 3.34. The molecule has 31 heavy (non-hydrogen) atoms. The summed E-state index contributed by atoms with van der Waals surface area (Å²) in [5.74, 6) is -0.901. The standard InChI is InChI=1S/C25H34O5Si/c1-25(2,3)31(22-10-6-4-7-11-22,23-12-8-5-9-13-23)29-15-14-20-16-19(26)17-21(30-20)18-24(27)28/h4-13,19-21,26H,14-18H2,1-3H3,(H,27,28)/t19-,20-,21+/m0/s1. The fourth-order valence-electron chi connectivity index (χ4n) is 4.70. The third-order valence-corrected chi connectivity index (χ3v) is 11.1. The van der Waals surface area contributed by atoms with Gasteiger partial charge in [-0.25, -0.2) is 0 Å². The molecule has 0 aliphatic carbocycles. The van der Waals surface area contributed by atoms with Gasteiger partial charge in [-0.3, -0.25) is 4.79 Å². The average Bonchev–Trinajstić information content (AvgIpc) is 2.71. The molecule has 168 valence electrons. The van der Waals surface area contributed by atoms with Gasteiger partial charge in [0.25, 0.3) is 8.32 Å². The number of aliphatic hydroxyl groups is 1. The number of aliphatic carboxylic acids is 1. The van der Waals surface area contributed by atoms with Crippen LogP contribution in [0.3, 0.4) is 0 Å². The predicted molar refractivity (Wildman–Crippen MR) is 124 cm³/mol. The van der Waals surface area contributed by atoms with Crippen LogP contribution in [0.1, 0.15) is 46.5 Å². The van der Waals surface area contributed by atoms with Crippen molar-refractivity contribution in [3.63, 3.8) is 0 Å². The first-order valence-electron chi connectivity index (χ1n) is 11.0. The number of aliphatic hydroxyl groups excluding tert-OH is 1. The fourth-order valence-corrected chi connectivity index (χ4v) is 9.28. The maximum Gasteiger partial charge on any atom is 0.305 e. The summed E-state index contributed by atoms with van der Waals surface area (Å²) >= 11 is 0. The normalized spacial score (nSPS) is 22.3. The molecule has 2 N–H and O–H groups in total. The first-order chi connectivity index (χ1) is 14.7. The summed E-state index contributed by atoms with van der Waals surface area (Å²) < 4.78 is 12.9. The molecule has 0 spiro atoms. The minimum atomic E-state index is -2.61. The first kappa shape index (κ1) is 23.7. The van der Waals surface area contributed by atoms with E-state index in [9.17, 15) is 9.90 Å². The summed E-state index contributed by atoms with van der Waals surface area (Å²) in [5, 5.41) is 21.6. The van der Waals surface area contributed by atoms with Crippen LogP contribution in [0.5, 0.6) is 0 Å². The highest BCUT2D eigenvalue weighted by Crippen LogP contribution is 2.37. The van der Waals surface area contributed by atoms with Gasteiger partial charge < -0.3 is 19.4 Å². The lowest BCUT2D eigenvalue weighted by atomic mass is 9.98. The first-order valence-corrected chi connectivity index (χ1v) is 12.9. The van der Waals surface area contributed by atoms with E-state index in [0.717, 1.165) is 0 Å². The van der Waals surface area contributed by atoms with Crippen LogP contribution < -0.4 is 10.4 Å². The Morgan fingerprint density at radius 3 is 2.00 bits per heavy atom. The van der Waals surface area contributed by atoms with Crippen molar-refractivity contribution in [1.29, 1.82) is 0 Å².